The third kappa shape index (κ3) is 3.68. The van der Waals surface area contributed by atoms with Gasteiger partial charge >= 0.3 is 0 Å². The molecule has 0 fully saturated rings. The first-order valence-corrected chi connectivity index (χ1v) is 6.69. The van der Waals surface area contributed by atoms with Crippen molar-refractivity contribution in [2.45, 2.75) is 26.8 Å². The third-order valence-electron chi connectivity index (χ3n) is 3.11. The van der Waals surface area contributed by atoms with Crippen LogP contribution in [0.1, 0.15) is 31.1 Å². The predicted molar refractivity (Wildman–Crippen MR) is 83.9 cm³/mol. The summed E-state index contributed by atoms with van der Waals surface area (Å²) in [5, 5.41) is 14.7. The first kappa shape index (κ1) is 14.8. The van der Waals surface area contributed by atoms with Gasteiger partial charge in [-0.1, -0.05) is 0 Å². The van der Waals surface area contributed by atoms with E-state index >= 15 is 0 Å². The molecule has 0 saturated heterocycles. The van der Waals surface area contributed by atoms with Gasteiger partial charge in [0.25, 0.3) is 5.69 Å². The average molecular weight is 286 g/mol. The van der Waals surface area contributed by atoms with Gasteiger partial charge in [0.05, 0.1) is 16.8 Å². The van der Waals surface area contributed by atoms with E-state index in [1.165, 1.54) is 17.8 Å². The molecular weight excluding hydrogens is 268 g/mol. The van der Waals surface area contributed by atoms with Crippen molar-refractivity contribution in [3.63, 3.8) is 0 Å². The Bertz CT molecular complexity index is 657. The molecule has 1 N–H and O–H groups in total. The summed E-state index contributed by atoms with van der Waals surface area (Å²) in [7, 11) is 0. The maximum Gasteiger partial charge on any atom is 0.269 e. The lowest BCUT2D eigenvalue weighted by Gasteiger charge is -2.08. The van der Waals surface area contributed by atoms with Crippen LogP contribution < -0.4 is 5.43 Å². The molecule has 0 unspecified atom stereocenters. The van der Waals surface area contributed by atoms with E-state index < -0.39 is 4.92 Å². The van der Waals surface area contributed by atoms with Crippen molar-refractivity contribution in [2.24, 2.45) is 5.10 Å². The highest BCUT2D eigenvalue weighted by molar-refractivity contribution is 5.80. The molecule has 2 aromatic rings. The Morgan fingerprint density at radius 2 is 2.00 bits per heavy atom. The highest BCUT2D eigenvalue weighted by atomic mass is 16.6. The van der Waals surface area contributed by atoms with Crippen LogP contribution in [0, 0.1) is 17.0 Å². The molecule has 0 radical (unpaired) electrons. The lowest BCUT2D eigenvalue weighted by atomic mass is 10.3. The van der Waals surface area contributed by atoms with E-state index in [2.05, 4.69) is 41.9 Å². The molecule has 0 bridgehead atoms. The molecule has 110 valence electrons. The van der Waals surface area contributed by atoms with Crippen LogP contribution in [0.4, 0.5) is 11.4 Å². The number of hydrazone groups is 1. The van der Waals surface area contributed by atoms with Gasteiger partial charge < -0.3 is 4.57 Å². The maximum absolute atomic E-state index is 10.6. The minimum absolute atomic E-state index is 0.0640. The van der Waals surface area contributed by atoms with Crippen LogP contribution in [0.25, 0.3) is 0 Å². The molecular formula is C15H18N4O2. The fourth-order valence-electron chi connectivity index (χ4n) is 2.08. The van der Waals surface area contributed by atoms with E-state index in [4.69, 9.17) is 0 Å². The van der Waals surface area contributed by atoms with Gasteiger partial charge in [0, 0.05) is 35.6 Å². The van der Waals surface area contributed by atoms with E-state index in [0.29, 0.717) is 11.7 Å². The van der Waals surface area contributed by atoms with E-state index in [0.717, 1.165) is 5.56 Å². The molecule has 0 atom stereocenters. The molecule has 2 rings (SSSR count). The first-order chi connectivity index (χ1) is 9.97. The monoisotopic (exact) mass is 286 g/mol. The van der Waals surface area contributed by atoms with E-state index in [1.807, 2.05) is 6.20 Å². The molecule has 6 nitrogen and oxygen atoms in total. The van der Waals surface area contributed by atoms with Gasteiger partial charge in [-0.3, -0.25) is 15.5 Å². The Morgan fingerprint density at radius 1 is 1.33 bits per heavy atom. The van der Waals surface area contributed by atoms with Crippen molar-refractivity contribution in [3.8, 4) is 0 Å². The zero-order valence-corrected chi connectivity index (χ0v) is 12.3. The van der Waals surface area contributed by atoms with Crippen LogP contribution in [0.3, 0.4) is 0 Å². The van der Waals surface area contributed by atoms with Gasteiger partial charge in [-0.05, 0) is 39.0 Å². The second kappa shape index (κ2) is 6.21. The number of aryl methyl sites for hydroxylation is 1. The summed E-state index contributed by atoms with van der Waals surface area (Å²) >= 11 is 0. The van der Waals surface area contributed by atoms with Crippen LogP contribution in [-0.2, 0) is 0 Å². The maximum atomic E-state index is 10.6. The van der Waals surface area contributed by atoms with Gasteiger partial charge in [-0.15, -0.1) is 0 Å². The number of nitro benzene ring substituents is 1. The van der Waals surface area contributed by atoms with E-state index in [1.54, 1.807) is 18.3 Å². The Hall–Kier alpha value is -2.63. The highest BCUT2D eigenvalue weighted by Crippen LogP contribution is 2.16. The van der Waals surface area contributed by atoms with Crippen molar-refractivity contribution < 1.29 is 4.92 Å². The number of nitrogens with zero attached hydrogens (tertiary/aromatic N) is 3. The van der Waals surface area contributed by atoms with Crippen LogP contribution in [0.2, 0.25) is 0 Å². The van der Waals surface area contributed by atoms with Crippen molar-refractivity contribution in [2.75, 3.05) is 5.43 Å². The molecule has 0 aliphatic carbocycles. The van der Waals surface area contributed by atoms with Gasteiger partial charge in [-0.2, -0.15) is 5.10 Å². The Labute approximate surface area is 123 Å². The molecule has 0 amide bonds. The van der Waals surface area contributed by atoms with Crippen molar-refractivity contribution in [1.82, 2.24) is 4.57 Å². The zero-order valence-electron chi connectivity index (χ0n) is 12.3. The summed E-state index contributed by atoms with van der Waals surface area (Å²) in [6.45, 7) is 6.31. The molecule has 1 heterocycles. The van der Waals surface area contributed by atoms with Gasteiger partial charge in [0.1, 0.15) is 0 Å². The van der Waals surface area contributed by atoms with Crippen molar-refractivity contribution in [3.05, 3.63) is 57.9 Å². The molecule has 1 aromatic carbocycles. The van der Waals surface area contributed by atoms with Crippen molar-refractivity contribution in [1.29, 1.82) is 0 Å². The number of hydrogen-bond donors (Lipinski definition) is 1. The molecule has 0 spiro atoms. The summed E-state index contributed by atoms with van der Waals surface area (Å²) in [6.07, 6.45) is 3.77. The minimum atomic E-state index is -0.426. The third-order valence-corrected chi connectivity index (χ3v) is 3.11. The molecule has 21 heavy (non-hydrogen) atoms. The summed E-state index contributed by atoms with van der Waals surface area (Å²) in [5.74, 6) is 0. The van der Waals surface area contributed by atoms with Crippen molar-refractivity contribution >= 4 is 17.6 Å². The fourth-order valence-corrected chi connectivity index (χ4v) is 2.08. The van der Waals surface area contributed by atoms with Gasteiger partial charge in [0.15, 0.2) is 0 Å². The van der Waals surface area contributed by atoms with Crippen LogP contribution in [-0.4, -0.2) is 15.7 Å². The number of non-ortho nitro benzene ring substituents is 1. The summed E-state index contributed by atoms with van der Waals surface area (Å²) < 4.78 is 2.17. The zero-order chi connectivity index (χ0) is 15.4. The summed E-state index contributed by atoms with van der Waals surface area (Å²) in [4.78, 5) is 10.1. The number of anilines is 1. The molecule has 6 heteroatoms. The largest absolute Gasteiger partial charge is 0.349 e. The predicted octanol–water partition coefficient (Wildman–Crippen LogP) is 3.73. The Morgan fingerprint density at radius 3 is 2.52 bits per heavy atom. The molecule has 1 aromatic heterocycles. The lowest BCUT2D eigenvalue weighted by Crippen LogP contribution is -2.00. The quantitative estimate of drug-likeness (QED) is 0.517. The molecule has 0 saturated carbocycles. The summed E-state index contributed by atoms with van der Waals surface area (Å²) in [6, 6.07) is 8.60. The van der Waals surface area contributed by atoms with E-state index in [-0.39, 0.29) is 5.69 Å². The standard InChI is InChI=1S/C15H18N4O2/c1-11(2)18-10-13(8-12(18)3)9-16-17-14-4-6-15(7-5-14)19(20)21/h4-11,17H,1-3H3/b16-9-. The number of hydrogen-bond acceptors (Lipinski definition) is 4. The average Bonchev–Trinajstić information content (AvgIpc) is 2.80. The summed E-state index contributed by atoms with van der Waals surface area (Å²) in [5.41, 5.74) is 5.82. The minimum Gasteiger partial charge on any atom is -0.349 e. The SMILES string of the molecule is Cc1cc(/C=N\Nc2ccc([N+](=O)[O-])cc2)cn1C(C)C. The van der Waals surface area contributed by atoms with E-state index in [9.17, 15) is 10.1 Å². The van der Waals surface area contributed by atoms with Crippen LogP contribution in [0.5, 0.6) is 0 Å². The van der Waals surface area contributed by atoms with Crippen LogP contribution >= 0.6 is 0 Å². The second-order valence-corrected chi connectivity index (χ2v) is 5.09. The normalized spacial score (nSPS) is 11.2. The molecule has 0 aliphatic heterocycles. The smallest absolute Gasteiger partial charge is 0.269 e. The number of rotatable bonds is 5. The van der Waals surface area contributed by atoms with Crippen LogP contribution in [0.15, 0.2) is 41.6 Å². The fraction of sp³-hybridized carbons (Fsp3) is 0.267. The number of nitro groups is 1. The number of benzene rings is 1. The number of nitrogens with one attached hydrogen (secondary N) is 1. The lowest BCUT2D eigenvalue weighted by molar-refractivity contribution is -0.384. The Kier molecular flexibility index (Phi) is 4.37. The topological polar surface area (TPSA) is 72.5 Å². The Balaban J connectivity index is 2.02. The molecule has 0 aliphatic rings. The van der Waals surface area contributed by atoms with Gasteiger partial charge in [-0.25, -0.2) is 0 Å². The highest BCUT2D eigenvalue weighted by Gasteiger charge is 2.04. The van der Waals surface area contributed by atoms with Gasteiger partial charge in [0.2, 0.25) is 0 Å². The number of aromatic nitrogens is 1. The first-order valence-electron chi connectivity index (χ1n) is 6.69. The second-order valence-electron chi connectivity index (χ2n) is 5.09.